The zero-order valence-corrected chi connectivity index (χ0v) is 19.2. The van der Waals surface area contributed by atoms with Crippen LogP contribution >= 0.6 is 0 Å². The first kappa shape index (κ1) is 28.0. The molecule has 0 aliphatic heterocycles. The van der Waals surface area contributed by atoms with Crippen LogP contribution < -0.4 is 10.6 Å². The molecular weight excluding hydrogens is 408 g/mol. The van der Waals surface area contributed by atoms with Crippen LogP contribution in [-0.2, 0) is 28.5 Å². The third-order valence-corrected chi connectivity index (χ3v) is 3.77. The summed E-state index contributed by atoms with van der Waals surface area (Å²) in [6, 6.07) is -1.46. The van der Waals surface area contributed by atoms with Gasteiger partial charge in [-0.1, -0.05) is 18.2 Å². The van der Waals surface area contributed by atoms with Crippen molar-refractivity contribution in [3.8, 4) is 0 Å². The largest absolute Gasteiger partial charge is 0.508 e. The van der Waals surface area contributed by atoms with E-state index in [-0.39, 0.29) is 12.8 Å². The number of carbonyl (C=O) groups excluding carboxylic acids is 4. The van der Waals surface area contributed by atoms with Crippen molar-refractivity contribution < 1.29 is 38.1 Å². The Kier molecular flexibility index (Phi) is 12.7. The van der Waals surface area contributed by atoms with Crippen molar-refractivity contribution in [2.45, 2.75) is 71.2 Å². The summed E-state index contributed by atoms with van der Waals surface area (Å²) in [5, 5.41) is 5.26. The van der Waals surface area contributed by atoms with Gasteiger partial charge in [-0.2, -0.15) is 0 Å². The molecule has 0 aromatic carbocycles. The van der Waals surface area contributed by atoms with Crippen LogP contribution in [0.5, 0.6) is 0 Å². The lowest BCUT2D eigenvalue weighted by atomic mass is 10.0. The van der Waals surface area contributed by atoms with Crippen molar-refractivity contribution in [1.82, 2.24) is 10.6 Å². The van der Waals surface area contributed by atoms with Crippen LogP contribution in [0.25, 0.3) is 0 Å². The predicted octanol–water partition coefficient (Wildman–Crippen LogP) is 2.62. The number of carbonyl (C=O) groups is 4. The summed E-state index contributed by atoms with van der Waals surface area (Å²) in [6.07, 6.45) is 3.48. The number of allylic oxidation sites excluding steroid dienone is 3. The van der Waals surface area contributed by atoms with Gasteiger partial charge in [-0.05, 0) is 34.6 Å². The average Bonchev–Trinajstić information content (AvgIpc) is 2.65. The molecule has 0 radical (unpaired) electrons. The number of nitrogens with one attached hydrogen (secondary N) is 2. The fourth-order valence-electron chi connectivity index (χ4n) is 2.38. The summed E-state index contributed by atoms with van der Waals surface area (Å²) in [7, 11) is 2.36. The van der Waals surface area contributed by atoms with Crippen molar-refractivity contribution in [3.63, 3.8) is 0 Å². The highest BCUT2D eigenvalue weighted by Gasteiger charge is 2.30. The molecule has 0 bridgehead atoms. The smallest absolute Gasteiger partial charge is 0.469 e. The molecule has 31 heavy (non-hydrogen) atoms. The standard InChI is InChI=1S/C21H34N2O8/c1-8-9-10-11-17(24)22-14(2)16(30-20(27)29-7)12-15(13-18(25)28-6)23-19(26)31-21(3,4)5/h8-11,14-16H,12-13H2,1-7H3,(H,22,24)(H,23,26)/b9-8+,11-10+/t14-,15-,16-/m1/s1. The predicted molar refractivity (Wildman–Crippen MR) is 113 cm³/mol. The Bertz CT molecular complexity index is 667. The minimum absolute atomic E-state index is 0.0104. The lowest BCUT2D eigenvalue weighted by Gasteiger charge is -2.29. The van der Waals surface area contributed by atoms with Gasteiger partial charge in [-0.15, -0.1) is 0 Å². The maximum atomic E-state index is 12.2. The molecule has 2 N–H and O–H groups in total. The van der Waals surface area contributed by atoms with Crippen molar-refractivity contribution in [1.29, 1.82) is 0 Å². The summed E-state index contributed by atoms with van der Waals surface area (Å²) in [4.78, 5) is 47.8. The van der Waals surface area contributed by atoms with Crippen LogP contribution in [0.3, 0.4) is 0 Å². The molecule has 0 aliphatic rings. The molecule has 176 valence electrons. The second-order valence-electron chi connectivity index (χ2n) is 7.65. The summed E-state index contributed by atoms with van der Waals surface area (Å²) < 4.78 is 19.7. The van der Waals surface area contributed by atoms with Gasteiger partial charge in [0.25, 0.3) is 0 Å². The van der Waals surface area contributed by atoms with E-state index < -0.39 is 47.9 Å². The summed E-state index contributed by atoms with van der Waals surface area (Å²) in [5.74, 6) is -0.988. The minimum Gasteiger partial charge on any atom is -0.469 e. The molecule has 2 amide bonds. The van der Waals surface area contributed by atoms with E-state index in [4.69, 9.17) is 9.47 Å². The lowest BCUT2D eigenvalue weighted by molar-refractivity contribution is -0.141. The van der Waals surface area contributed by atoms with E-state index in [9.17, 15) is 19.2 Å². The topological polar surface area (TPSA) is 129 Å². The van der Waals surface area contributed by atoms with E-state index in [0.717, 1.165) is 7.11 Å². The number of hydrogen-bond donors (Lipinski definition) is 2. The Labute approximate surface area is 183 Å². The fraction of sp³-hybridized carbons (Fsp3) is 0.619. The second-order valence-corrected chi connectivity index (χ2v) is 7.65. The van der Waals surface area contributed by atoms with E-state index in [0.29, 0.717) is 0 Å². The Morgan fingerprint density at radius 1 is 1.00 bits per heavy atom. The Hall–Kier alpha value is -3.04. The van der Waals surface area contributed by atoms with Gasteiger partial charge in [0.1, 0.15) is 11.7 Å². The van der Waals surface area contributed by atoms with E-state index in [1.165, 1.54) is 13.2 Å². The third kappa shape index (κ3) is 13.7. The number of ether oxygens (including phenoxy) is 4. The molecule has 0 aromatic rings. The molecule has 0 aromatic heterocycles. The van der Waals surface area contributed by atoms with Crippen LogP contribution in [0.4, 0.5) is 9.59 Å². The molecule has 0 fully saturated rings. The van der Waals surface area contributed by atoms with Crippen molar-refractivity contribution in [2.24, 2.45) is 0 Å². The zero-order valence-electron chi connectivity index (χ0n) is 19.2. The molecule has 0 aliphatic carbocycles. The fourth-order valence-corrected chi connectivity index (χ4v) is 2.38. The molecule has 0 spiro atoms. The molecule has 10 heteroatoms. The van der Waals surface area contributed by atoms with E-state index in [1.54, 1.807) is 45.9 Å². The highest BCUT2D eigenvalue weighted by molar-refractivity contribution is 5.88. The first-order valence-corrected chi connectivity index (χ1v) is 9.82. The van der Waals surface area contributed by atoms with Gasteiger partial charge in [0.15, 0.2) is 0 Å². The van der Waals surface area contributed by atoms with Crippen LogP contribution in [0.15, 0.2) is 24.3 Å². The molecular formula is C21H34N2O8. The number of amides is 2. The molecule has 3 atom stereocenters. The van der Waals surface area contributed by atoms with E-state index in [1.807, 2.05) is 6.92 Å². The highest BCUT2D eigenvalue weighted by atomic mass is 16.7. The van der Waals surface area contributed by atoms with Crippen molar-refractivity contribution >= 4 is 24.1 Å². The summed E-state index contributed by atoms with van der Waals surface area (Å²) in [6.45, 7) is 8.53. The second kappa shape index (κ2) is 14.1. The van der Waals surface area contributed by atoms with Gasteiger partial charge in [0.05, 0.1) is 26.7 Å². The number of alkyl carbamates (subject to hydrolysis) is 1. The first-order chi connectivity index (χ1) is 14.4. The number of esters is 1. The Morgan fingerprint density at radius 2 is 1.65 bits per heavy atom. The quantitative estimate of drug-likeness (QED) is 0.229. The Balaban J connectivity index is 5.45. The Morgan fingerprint density at radius 3 is 2.16 bits per heavy atom. The number of hydrogen-bond acceptors (Lipinski definition) is 8. The third-order valence-electron chi connectivity index (χ3n) is 3.77. The van der Waals surface area contributed by atoms with Crippen LogP contribution in [0, 0.1) is 0 Å². The van der Waals surface area contributed by atoms with Crippen LogP contribution in [0.1, 0.15) is 47.5 Å². The molecule has 0 heterocycles. The molecule has 0 unspecified atom stereocenters. The van der Waals surface area contributed by atoms with Gasteiger partial charge in [0.2, 0.25) is 5.91 Å². The molecule has 0 rings (SSSR count). The summed E-state index contributed by atoms with van der Waals surface area (Å²) in [5.41, 5.74) is -0.748. The molecule has 0 saturated carbocycles. The number of methoxy groups -OCH3 is 2. The average molecular weight is 443 g/mol. The highest BCUT2D eigenvalue weighted by Crippen LogP contribution is 2.14. The van der Waals surface area contributed by atoms with Crippen molar-refractivity contribution in [3.05, 3.63) is 24.3 Å². The van der Waals surface area contributed by atoms with Gasteiger partial charge in [0, 0.05) is 18.5 Å². The van der Waals surface area contributed by atoms with Crippen LogP contribution in [0.2, 0.25) is 0 Å². The van der Waals surface area contributed by atoms with Gasteiger partial charge >= 0.3 is 18.2 Å². The number of rotatable bonds is 10. The maximum Gasteiger partial charge on any atom is 0.508 e. The first-order valence-electron chi connectivity index (χ1n) is 9.82. The SMILES string of the molecule is C/C=C/C=C/C(=O)N[C@H](C)[C@@H](C[C@H](CC(=O)OC)NC(=O)OC(C)(C)C)OC(=O)OC. The van der Waals surface area contributed by atoms with Crippen molar-refractivity contribution in [2.75, 3.05) is 14.2 Å². The van der Waals surface area contributed by atoms with E-state index in [2.05, 4.69) is 20.1 Å². The monoisotopic (exact) mass is 442 g/mol. The normalized spacial score (nSPS) is 14.4. The van der Waals surface area contributed by atoms with Gasteiger partial charge < -0.3 is 29.6 Å². The molecule has 0 saturated heterocycles. The van der Waals surface area contributed by atoms with Gasteiger partial charge in [-0.25, -0.2) is 9.59 Å². The van der Waals surface area contributed by atoms with E-state index >= 15 is 0 Å². The summed E-state index contributed by atoms with van der Waals surface area (Å²) >= 11 is 0. The maximum absolute atomic E-state index is 12.2. The van der Waals surface area contributed by atoms with Gasteiger partial charge in [-0.3, -0.25) is 9.59 Å². The zero-order chi connectivity index (χ0) is 24.0. The minimum atomic E-state index is -0.968. The van der Waals surface area contributed by atoms with Crippen LogP contribution in [-0.4, -0.2) is 62.1 Å². The molecule has 10 nitrogen and oxygen atoms in total. The lowest BCUT2D eigenvalue weighted by Crippen LogP contribution is -2.48.